The van der Waals surface area contributed by atoms with Crippen LogP contribution in [0.1, 0.15) is 43.2 Å². The summed E-state index contributed by atoms with van der Waals surface area (Å²) in [7, 11) is 0. The van der Waals surface area contributed by atoms with Crippen LogP contribution in [0.5, 0.6) is 5.75 Å². The van der Waals surface area contributed by atoms with Gasteiger partial charge in [-0.1, -0.05) is 18.9 Å². The first-order chi connectivity index (χ1) is 9.16. The number of phenolic OH excluding ortho intramolecular Hbond substituents is 1. The Kier molecular flexibility index (Phi) is 2.31. The van der Waals surface area contributed by atoms with Gasteiger partial charge in [-0.05, 0) is 55.5 Å². The molecule has 2 fully saturated rings. The number of hydrogen-bond acceptors (Lipinski definition) is 3. The highest BCUT2D eigenvalue weighted by atomic mass is 16.3. The number of benzene rings is 1. The first kappa shape index (κ1) is 11.7. The van der Waals surface area contributed by atoms with Crippen LogP contribution in [-0.4, -0.2) is 28.4 Å². The third-order valence-electron chi connectivity index (χ3n) is 5.79. The van der Waals surface area contributed by atoms with Gasteiger partial charge in [-0.15, -0.1) is 0 Å². The Balaban J connectivity index is 1.97. The lowest BCUT2D eigenvalue weighted by atomic mass is 9.50. The minimum atomic E-state index is -0.621. The van der Waals surface area contributed by atoms with Crippen molar-refractivity contribution in [1.82, 2.24) is 5.32 Å². The van der Waals surface area contributed by atoms with Gasteiger partial charge in [-0.25, -0.2) is 0 Å². The van der Waals surface area contributed by atoms with Gasteiger partial charge in [-0.3, -0.25) is 0 Å². The summed E-state index contributed by atoms with van der Waals surface area (Å²) in [4.78, 5) is 0. The van der Waals surface area contributed by atoms with Gasteiger partial charge in [-0.2, -0.15) is 0 Å². The molecule has 1 aromatic carbocycles. The molecule has 1 saturated heterocycles. The van der Waals surface area contributed by atoms with Crippen molar-refractivity contribution in [3.05, 3.63) is 29.3 Å². The lowest BCUT2D eigenvalue weighted by molar-refractivity contribution is -0.124. The van der Waals surface area contributed by atoms with Gasteiger partial charge in [0.1, 0.15) is 5.75 Å². The SMILES string of the molecule is Oc1ccc2c(c1)[C@@]13CCCC[C@@]1(O)[C@@H](C2)NCC3. The van der Waals surface area contributed by atoms with E-state index in [4.69, 9.17) is 0 Å². The van der Waals surface area contributed by atoms with E-state index in [0.717, 1.165) is 38.6 Å². The molecule has 0 amide bonds. The Morgan fingerprint density at radius 2 is 2.00 bits per heavy atom. The van der Waals surface area contributed by atoms with Crippen molar-refractivity contribution in [3.63, 3.8) is 0 Å². The van der Waals surface area contributed by atoms with Gasteiger partial charge in [0.15, 0.2) is 0 Å². The predicted octanol–water partition coefficient (Wildman–Crippen LogP) is 1.85. The molecule has 19 heavy (non-hydrogen) atoms. The van der Waals surface area contributed by atoms with Crippen LogP contribution in [0.4, 0.5) is 0 Å². The Labute approximate surface area is 113 Å². The van der Waals surface area contributed by atoms with Crippen molar-refractivity contribution in [2.75, 3.05) is 6.54 Å². The van der Waals surface area contributed by atoms with Gasteiger partial charge in [0.05, 0.1) is 5.60 Å². The zero-order valence-electron chi connectivity index (χ0n) is 11.2. The normalized spacial score (nSPS) is 40.4. The lowest BCUT2D eigenvalue weighted by Crippen LogP contribution is -2.71. The predicted molar refractivity (Wildman–Crippen MR) is 73.3 cm³/mol. The van der Waals surface area contributed by atoms with Crippen molar-refractivity contribution in [2.45, 2.75) is 55.6 Å². The van der Waals surface area contributed by atoms with Crippen LogP contribution >= 0.6 is 0 Å². The highest BCUT2D eigenvalue weighted by molar-refractivity contribution is 5.47. The zero-order valence-corrected chi connectivity index (χ0v) is 11.2. The summed E-state index contributed by atoms with van der Waals surface area (Å²) in [6.45, 7) is 0.974. The summed E-state index contributed by atoms with van der Waals surface area (Å²) in [5.41, 5.74) is 1.77. The van der Waals surface area contributed by atoms with Gasteiger partial charge in [0.2, 0.25) is 0 Å². The minimum absolute atomic E-state index is 0.131. The summed E-state index contributed by atoms with van der Waals surface area (Å²) in [6.07, 6.45) is 6.11. The molecular weight excluding hydrogens is 238 g/mol. The second-order valence-corrected chi connectivity index (χ2v) is 6.52. The molecule has 2 aliphatic carbocycles. The monoisotopic (exact) mass is 259 g/mol. The third kappa shape index (κ3) is 1.35. The second-order valence-electron chi connectivity index (χ2n) is 6.52. The van der Waals surface area contributed by atoms with E-state index in [2.05, 4.69) is 5.32 Å². The molecule has 2 bridgehead atoms. The average Bonchev–Trinajstić information content (AvgIpc) is 2.39. The molecular formula is C16H21NO2. The summed E-state index contributed by atoms with van der Waals surface area (Å²) in [6, 6.07) is 5.91. The Morgan fingerprint density at radius 1 is 1.16 bits per heavy atom. The molecule has 3 aliphatic rings. The van der Waals surface area contributed by atoms with Gasteiger partial charge in [0.25, 0.3) is 0 Å². The van der Waals surface area contributed by atoms with Crippen molar-refractivity contribution >= 4 is 0 Å². The van der Waals surface area contributed by atoms with Crippen LogP contribution < -0.4 is 5.32 Å². The topological polar surface area (TPSA) is 52.5 Å². The van der Waals surface area contributed by atoms with Crippen molar-refractivity contribution < 1.29 is 10.2 Å². The third-order valence-corrected chi connectivity index (χ3v) is 5.79. The maximum absolute atomic E-state index is 11.4. The van der Waals surface area contributed by atoms with Crippen molar-refractivity contribution in [3.8, 4) is 5.75 Å². The van der Waals surface area contributed by atoms with Crippen LogP contribution in [0.2, 0.25) is 0 Å². The number of phenols is 1. The quantitative estimate of drug-likeness (QED) is 0.666. The Morgan fingerprint density at radius 3 is 2.89 bits per heavy atom. The van der Waals surface area contributed by atoms with Crippen molar-refractivity contribution in [1.29, 1.82) is 0 Å². The number of piperidine rings is 1. The highest BCUT2D eigenvalue weighted by Gasteiger charge is 2.61. The highest BCUT2D eigenvalue weighted by Crippen LogP contribution is 2.56. The average molecular weight is 259 g/mol. The van der Waals surface area contributed by atoms with E-state index in [1.807, 2.05) is 12.1 Å². The summed E-state index contributed by atoms with van der Waals surface area (Å²) >= 11 is 0. The van der Waals surface area contributed by atoms with E-state index < -0.39 is 5.60 Å². The van der Waals surface area contributed by atoms with Crippen LogP contribution in [0.15, 0.2) is 18.2 Å². The number of hydrogen-bond donors (Lipinski definition) is 3. The molecule has 3 heteroatoms. The molecule has 102 valence electrons. The molecule has 0 radical (unpaired) electrons. The molecule has 3 nitrogen and oxygen atoms in total. The number of nitrogens with one attached hydrogen (secondary N) is 1. The molecule has 1 saturated carbocycles. The first-order valence-corrected chi connectivity index (χ1v) is 7.44. The number of aliphatic hydroxyl groups is 1. The van der Waals surface area contributed by atoms with Crippen molar-refractivity contribution in [2.24, 2.45) is 0 Å². The fraction of sp³-hybridized carbons (Fsp3) is 0.625. The molecule has 0 aromatic heterocycles. The fourth-order valence-corrected chi connectivity index (χ4v) is 4.91. The Bertz CT molecular complexity index is 525. The number of rotatable bonds is 0. The molecule has 1 heterocycles. The Hall–Kier alpha value is -1.06. The van der Waals surface area contributed by atoms with Gasteiger partial charge < -0.3 is 15.5 Å². The lowest BCUT2D eigenvalue weighted by Gasteiger charge is -2.61. The van der Waals surface area contributed by atoms with E-state index in [-0.39, 0.29) is 11.5 Å². The molecule has 1 aromatic rings. The van der Waals surface area contributed by atoms with E-state index in [1.165, 1.54) is 17.5 Å². The standard InChI is InChI=1S/C16H21NO2/c18-12-4-3-11-9-14-16(19)6-2-1-5-15(16,7-8-17-14)13(11)10-12/h3-4,10,14,17-19H,1-2,5-9H2/t14-,15+,16-/m1/s1. The van der Waals surface area contributed by atoms with Crippen LogP contribution in [0.25, 0.3) is 0 Å². The molecule has 1 aliphatic heterocycles. The molecule has 3 N–H and O–H groups in total. The zero-order chi connectivity index (χ0) is 13.1. The number of aromatic hydroxyl groups is 1. The molecule has 3 atom stereocenters. The second kappa shape index (κ2) is 3.74. The van der Waals surface area contributed by atoms with E-state index in [9.17, 15) is 10.2 Å². The van der Waals surface area contributed by atoms with Crippen LogP contribution in [-0.2, 0) is 11.8 Å². The minimum Gasteiger partial charge on any atom is -0.508 e. The van der Waals surface area contributed by atoms with Crippen LogP contribution in [0, 0.1) is 0 Å². The first-order valence-electron chi connectivity index (χ1n) is 7.44. The van der Waals surface area contributed by atoms with E-state index in [1.54, 1.807) is 6.07 Å². The van der Waals surface area contributed by atoms with Gasteiger partial charge in [0, 0.05) is 11.5 Å². The molecule has 0 spiro atoms. The summed E-state index contributed by atoms with van der Waals surface area (Å²) in [5.74, 6) is 0.332. The van der Waals surface area contributed by atoms with E-state index in [0.29, 0.717) is 5.75 Å². The maximum Gasteiger partial charge on any atom is 0.115 e. The smallest absolute Gasteiger partial charge is 0.115 e. The fourth-order valence-electron chi connectivity index (χ4n) is 4.91. The van der Waals surface area contributed by atoms with Crippen LogP contribution in [0.3, 0.4) is 0 Å². The maximum atomic E-state index is 11.4. The summed E-state index contributed by atoms with van der Waals surface area (Å²) in [5, 5.41) is 24.7. The molecule has 0 unspecified atom stereocenters. The summed E-state index contributed by atoms with van der Waals surface area (Å²) < 4.78 is 0. The largest absolute Gasteiger partial charge is 0.508 e. The number of fused-ring (bicyclic) bond motifs is 1. The van der Waals surface area contributed by atoms with Gasteiger partial charge >= 0.3 is 0 Å². The van der Waals surface area contributed by atoms with E-state index >= 15 is 0 Å². The molecule has 4 rings (SSSR count).